The Labute approximate surface area is 106 Å². The Balaban J connectivity index is 2.29. The van der Waals surface area contributed by atoms with Crippen molar-refractivity contribution in [3.8, 4) is 11.4 Å². The molecule has 0 aliphatic rings. The number of nitrogen functional groups attached to an aromatic ring is 1. The maximum atomic E-state index is 6.00. The molecule has 0 aliphatic carbocycles. The van der Waals surface area contributed by atoms with Crippen LogP contribution in [0.25, 0.3) is 22.3 Å². The highest BCUT2D eigenvalue weighted by molar-refractivity contribution is 5.94. The zero-order valence-electron chi connectivity index (χ0n) is 10.9. The molecule has 0 aliphatic heterocycles. The van der Waals surface area contributed by atoms with E-state index >= 15 is 0 Å². The molecule has 0 fully saturated rings. The lowest BCUT2D eigenvalue weighted by Crippen LogP contribution is -1.90. The number of anilines is 1. The number of aryl methyl sites for hydroxylation is 2. The molecule has 2 aromatic heterocycles. The summed E-state index contributed by atoms with van der Waals surface area (Å²) < 4.78 is 2.16. The number of aromatic nitrogens is 2. The number of rotatable bonds is 1. The molecule has 3 N–H and O–H groups in total. The van der Waals surface area contributed by atoms with E-state index < -0.39 is 0 Å². The predicted octanol–water partition coefficient (Wildman–Crippen LogP) is 3.37. The average molecular weight is 239 g/mol. The van der Waals surface area contributed by atoms with Gasteiger partial charge < -0.3 is 15.3 Å². The van der Waals surface area contributed by atoms with Crippen LogP contribution in [0.1, 0.15) is 11.1 Å². The van der Waals surface area contributed by atoms with Crippen molar-refractivity contribution < 1.29 is 0 Å². The summed E-state index contributed by atoms with van der Waals surface area (Å²) in [5, 5.41) is 1.09. The molecule has 92 valence electrons. The normalized spacial score (nSPS) is 11.3. The van der Waals surface area contributed by atoms with Crippen molar-refractivity contribution in [2.45, 2.75) is 13.8 Å². The van der Waals surface area contributed by atoms with Gasteiger partial charge in [0, 0.05) is 29.8 Å². The molecule has 0 saturated heterocycles. The van der Waals surface area contributed by atoms with Gasteiger partial charge in [-0.15, -0.1) is 0 Å². The third-order valence-electron chi connectivity index (χ3n) is 3.64. The van der Waals surface area contributed by atoms with Gasteiger partial charge >= 0.3 is 0 Å². The third kappa shape index (κ3) is 1.44. The van der Waals surface area contributed by atoms with E-state index in [1.165, 1.54) is 16.8 Å². The lowest BCUT2D eigenvalue weighted by molar-refractivity contribution is 0.928. The number of H-pyrrole nitrogens is 1. The molecule has 2 heterocycles. The van der Waals surface area contributed by atoms with Crippen LogP contribution in [0.3, 0.4) is 0 Å². The zero-order chi connectivity index (χ0) is 12.9. The fraction of sp³-hybridized carbons (Fsp3) is 0.200. The molecule has 3 nitrogen and oxygen atoms in total. The molecular weight excluding hydrogens is 222 g/mol. The lowest BCUT2D eigenvalue weighted by atomic mass is 10.1. The first kappa shape index (κ1) is 11.0. The van der Waals surface area contributed by atoms with Crippen LogP contribution in [-0.4, -0.2) is 9.55 Å². The standard InChI is InChI=1S/C15H17N3/c1-9-8-18(3)15(10(9)2)14-7-11-12(16)5-4-6-13(11)17-14/h4-8,17H,16H2,1-3H3. The number of fused-ring (bicyclic) bond motifs is 1. The smallest absolute Gasteiger partial charge is 0.0675 e. The second-order valence-electron chi connectivity index (χ2n) is 4.89. The average Bonchev–Trinajstić information content (AvgIpc) is 2.83. The first-order valence-corrected chi connectivity index (χ1v) is 6.08. The van der Waals surface area contributed by atoms with Crippen LogP contribution in [0, 0.1) is 13.8 Å². The Morgan fingerprint density at radius 1 is 1.22 bits per heavy atom. The molecule has 0 spiro atoms. The number of benzene rings is 1. The first-order valence-electron chi connectivity index (χ1n) is 6.08. The third-order valence-corrected chi connectivity index (χ3v) is 3.64. The van der Waals surface area contributed by atoms with Crippen molar-refractivity contribution >= 4 is 16.6 Å². The van der Waals surface area contributed by atoms with Gasteiger partial charge in [-0.3, -0.25) is 0 Å². The maximum Gasteiger partial charge on any atom is 0.0675 e. The van der Waals surface area contributed by atoms with Crippen molar-refractivity contribution in [2.75, 3.05) is 5.73 Å². The topological polar surface area (TPSA) is 46.7 Å². The number of nitrogens with two attached hydrogens (primary N) is 1. The molecular formula is C15H17N3. The Bertz CT molecular complexity index is 732. The molecule has 3 rings (SSSR count). The van der Waals surface area contributed by atoms with E-state index in [0.29, 0.717) is 0 Å². The van der Waals surface area contributed by atoms with Crippen LogP contribution in [0.5, 0.6) is 0 Å². The summed E-state index contributed by atoms with van der Waals surface area (Å²) in [5.41, 5.74) is 12.9. The number of nitrogens with zero attached hydrogens (tertiary/aromatic N) is 1. The van der Waals surface area contributed by atoms with Crippen LogP contribution >= 0.6 is 0 Å². The molecule has 0 atom stereocenters. The van der Waals surface area contributed by atoms with E-state index in [1.807, 2.05) is 12.1 Å². The van der Waals surface area contributed by atoms with Gasteiger partial charge in [-0.25, -0.2) is 0 Å². The van der Waals surface area contributed by atoms with Crippen molar-refractivity contribution in [3.05, 3.63) is 41.6 Å². The van der Waals surface area contributed by atoms with E-state index in [1.54, 1.807) is 0 Å². The lowest BCUT2D eigenvalue weighted by Gasteiger charge is -2.02. The Kier molecular flexibility index (Phi) is 2.23. The second-order valence-corrected chi connectivity index (χ2v) is 4.89. The summed E-state index contributed by atoms with van der Waals surface area (Å²) in [6.07, 6.45) is 2.15. The SMILES string of the molecule is Cc1cn(C)c(-c2cc3c(N)cccc3[nH]2)c1C. The zero-order valence-corrected chi connectivity index (χ0v) is 10.9. The molecule has 0 bridgehead atoms. The van der Waals surface area contributed by atoms with Gasteiger partial charge in [-0.2, -0.15) is 0 Å². The molecule has 1 aromatic carbocycles. The summed E-state index contributed by atoms with van der Waals surface area (Å²) in [6, 6.07) is 8.09. The summed E-state index contributed by atoms with van der Waals surface area (Å²) >= 11 is 0. The molecule has 0 radical (unpaired) electrons. The molecule has 3 heteroatoms. The van der Waals surface area contributed by atoms with Crippen molar-refractivity contribution in [3.63, 3.8) is 0 Å². The van der Waals surface area contributed by atoms with Gasteiger partial charge in [0.15, 0.2) is 0 Å². The van der Waals surface area contributed by atoms with Crippen LogP contribution in [0.2, 0.25) is 0 Å². The number of hydrogen-bond acceptors (Lipinski definition) is 1. The van der Waals surface area contributed by atoms with E-state index in [9.17, 15) is 0 Å². The molecule has 0 saturated carbocycles. The fourth-order valence-electron chi connectivity index (χ4n) is 2.60. The van der Waals surface area contributed by atoms with Crippen LogP contribution < -0.4 is 5.73 Å². The van der Waals surface area contributed by atoms with Crippen LogP contribution in [-0.2, 0) is 7.05 Å². The van der Waals surface area contributed by atoms with E-state index in [-0.39, 0.29) is 0 Å². The van der Waals surface area contributed by atoms with Gasteiger partial charge in [0.05, 0.1) is 11.4 Å². The van der Waals surface area contributed by atoms with Gasteiger partial charge in [0.25, 0.3) is 0 Å². The molecule has 0 unspecified atom stereocenters. The van der Waals surface area contributed by atoms with E-state index in [4.69, 9.17) is 5.73 Å². The van der Waals surface area contributed by atoms with Gasteiger partial charge in [-0.1, -0.05) is 6.07 Å². The summed E-state index contributed by atoms with van der Waals surface area (Å²) in [4.78, 5) is 3.45. The highest BCUT2D eigenvalue weighted by atomic mass is 15.0. The summed E-state index contributed by atoms with van der Waals surface area (Å²) in [7, 11) is 2.07. The van der Waals surface area contributed by atoms with E-state index in [2.05, 4.69) is 48.8 Å². The highest BCUT2D eigenvalue weighted by Crippen LogP contribution is 2.31. The minimum atomic E-state index is 0.818. The quantitative estimate of drug-likeness (QED) is 0.628. The highest BCUT2D eigenvalue weighted by Gasteiger charge is 2.12. The van der Waals surface area contributed by atoms with Gasteiger partial charge in [-0.05, 0) is 43.2 Å². The van der Waals surface area contributed by atoms with E-state index in [0.717, 1.165) is 22.3 Å². The maximum absolute atomic E-state index is 6.00. The van der Waals surface area contributed by atoms with Gasteiger partial charge in [0.1, 0.15) is 0 Å². The van der Waals surface area contributed by atoms with Crippen molar-refractivity contribution in [2.24, 2.45) is 7.05 Å². The van der Waals surface area contributed by atoms with Crippen LogP contribution in [0.4, 0.5) is 5.69 Å². The van der Waals surface area contributed by atoms with Gasteiger partial charge in [0.2, 0.25) is 0 Å². The molecule has 0 amide bonds. The Morgan fingerprint density at radius 2 is 2.00 bits per heavy atom. The number of nitrogens with one attached hydrogen (secondary N) is 1. The second kappa shape index (κ2) is 3.67. The summed E-state index contributed by atoms with van der Waals surface area (Å²) in [6.45, 7) is 4.29. The minimum absolute atomic E-state index is 0.818. The monoisotopic (exact) mass is 239 g/mol. The largest absolute Gasteiger partial charge is 0.398 e. The fourth-order valence-corrected chi connectivity index (χ4v) is 2.60. The Morgan fingerprint density at radius 3 is 2.61 bits per heavy atom. The van der Waals surface area contributed by atoms with Crippen LogP contribution in [0.15, 0.2) is 30.5 Å². The summed E-state index contributed by atoms with van der Waals surface area (Å²) in [5.74, 6) is 0. The first-order chi connectivity index (χ1) is 8.58. The Hall–Kier alpha value is -2.16. The van der Waals surface area contributed by atoms with Crippen molar-refractivity contribution in [1.29, 1.82) is 0 Å². The molecule has 18 heavy (non-hydrogen) atoms. The number of hydrogen-bond donors (Lipinski definition) is 2. The van der Waals surface area contributed by atoms with Crippen molar-refractivity contribution in [1.82, 2.24) is 9.55 Å². The molecule has 3 aromatic rings. The minimum Gasteiger partial charge on any atom is -0.398 e. The number of aromatic amines is 1. The predicted molar refractivity (Wildman–Crippen MR) is 76.6 cm³/mol.